The van der Waals surface area contributed by atoms with Crippen LogP contribution in [-0.2, 0) is 16.9 Å². The van der Waals surface area contributed by atoms with E-state index in [1.54, 1.807) is 7.11 Å². The Labute approximate surface area is 195 Å². The number of nitrogens with zero attached hydrogens (tertiary/aromatic N) is 2. The molecule has 1 aromatic heterocycles. The molecule has 0 aliphatic carbocycles. The molecular formula is C26H21N3O3S. The van der Waals surface area contributed by atoms with E-state index in [-0.39, 0.29) is 12.5 Å². The van der Waals surface area contributed by atoms with E-state index in [9.17, 15) is 9.59 Å². The van der Waals surface area contributed by atoms with Gasteiger partial charge in [-0.15, -0.1) is 11.3 Å². The predicted molar refractivity (Wildman–Crippen MR) is 127 cm³/mol. The molecule has 4 aromatic rings. The van der Waals surface area contributed by atoms with Gasteiger partial charge in [0.15, 0.2) is 5.54 Å². The van der Waals surface area contributed by atoms with Gasteiger partial charge in [0.2, 0.25) is 0 Å². The molecule has 164 valence electrons. The van der Waals surface area contributed by atoms with E-state index in [2.05, 4.69) is 10.3 Å². The lowest BCUT2D eigenvalue weighted by atomic mass is 9.82. The van der Waals surface area contributed by atoms with E-state index in [1.165, 1.54) is 16.2 Å². The number of nitrogens with one attached hydrogen (secondary N) is 1. The average molecular weight is 456 g/mol. The molecule has 7 heteroatoms. The molecule has 1 N–H and O–H groups in total. The summed E-state index contributed by atoms with van der Waals surface area (Å²) in [5, 5.41) is 5.67. The van der Waals surface area contributed by atoms with E-state index in [4.69, 9.17) is 4.74 Å². The molecule has 3 amide bonds. The maximum absolute atomic E-state index is 13.8. The summed E-state index contributed by atoms with van der Waals surface area (Å²) >= 11 is 1.47. The molecule has 0 radical (unpaired) electrons. The number of thiazole rings is 1. The highest BCUT2D eigenvalue weighted by atomic mass is 32.1. The van der Waals surface area contributed by atoms with Crippen LogP contribution in [0.1, 0.15) is 16.8 Å². The number of carbonyl (C=O) groups excluding carboxylic acids is 2. The van der Waals surface area contributed by atoms with Crippen LogP contribution in [-0.4, -0.2) is 28.9 Å². The molecule has 3 aromatic carbocycles. The highest BCUT2D eigenvalue weighted by molar-refractivity contribution is 7.13. The highest BCUT2D eigenvalue weighted by Crippen LogP contribution is 2.37. The van der Waals surface area contributed by atoms with Gasteiger partial charge in [-0.25, -0.2) is 9.78 Å². The second-order valence-corrected chi connectivity index (χ2v) is 8.53. The molecule has 5 rings (SSSR count). The summed E-state index contributed by atoms with van der Waals surface area (Å²) in [6, 6.07) is 25.9. The van der Waals surface area contributed by atoms with E-state index < -0.39 is 11.6 Å². The monoisotopic (exact) mass is 455 g/mol. The van der Waals surface area contributed by atoms with Gasteiger partial charge in [0, 0.05) is 10.9 Å². The van der Waals surface area contributed by atoms with E-state index in [1.807, 2.05) is 90.3 Å². The number of urea groups is 1. The van der Waals surface area contributed by atoms with Gasteiger partial charge >= 0.3 is 6.03 Å². The third-order valence-corrected chi connectivity index (χ3v) is 6.67. The first-order valence-electron chi connectivity index (χ1n) is 10.5. The van der Waals surface area contributed by atoms with Crippen LogP contribution >= 0.6 is 11.3 Å². The van der Waals surface area contributed by atoms with Crippen molar-refractivity contribution in [3.63, 3.8) is 0 Å². The Bertz CT molecular complexity index is 1250. The van der Waals surface area contributed by atoms with Crippen molar-refractivity contribution in [2.75, 3.05) is 7.11 Å². The minimum absolute atomic E-state index is 0.0960. The Morgan fingerprint density at radius 3 is 2.09 bits per heavy atom. The largest absolute Gasteiger partial charge is 0.497 e. The lowest BCUT2D eigenvalue weighted by molar-refractivity contribution is -0.130. The fourth-order valence-electron chi connectivity index (χ4n) is 4.06. The highest BCUT2D eigenvalue weighted by Gasteiger charge is 2.53. The molecule has 0 atom stereocenters. The molecule has 33 heavy (non-hydrogen) atoms. The van der Waals surface area contributed by atoms with Crippen molar-refractivity contribution in [2.45, 2.75) is 12.1 Å². The first kappa shape index (κ1) is 20.9. The van der Waals surface area contributed by atoms with Crippen LogP contribution < -0.4 is 10.1 Å². The standard InChI is InChI=1S/C26H21N3O3S/c1-32-22-14-12-18(13-15-22)23-27-21(17-33-23)16-29-24(30)26(28-25(29)31,19-8-4-2-5-9-19)20-10-6-3-7-11-20/h2-15,17H,16H2,1H3,(H,28,31). The molecule has 0 spiro atoms. The first-order valence-corrected chi connectivity index (χ1v) is 11.3. The van der Waals surface area contributed by atoms with Crippen LogP contribution in [0.2, 0.25) is 0 Å². The van der Waals surface area contributed by atoms with E-state index in [0.717, 1.165) is 16.3 Å². The van der Waals surface area contributed by atoms with Crippen molar-refractivity contribution in [1.82, 2.24) is 15.2 Å². The van der Waals surface area contributed by atoms with Crippen molar-refractivity contribution in [3.05, 3.63) is 107 Å². The predicted octanol–water partition coefficient (Wildman–Crippen LogP) is 4.81. The number of methoxy groups -OCH3 is 1. The summed E-state index contributed by atoms with van der Waals surface area (Å²) < 4.78 is 5.21. The lowest BCUT2D eigenvalue weighted by Gasteiger charge is -2.27. The number of carbonyl (C=O) groups is 2. The number of aromatic nitrogens is 1. The fraction of sp³-hybridized carbons (Fsp3) is 0.115. The van der Waals surface area contributed by atoms with E-state index >= 15 is 0 Å². The molecule has 1 saturated heterocycles. The third kappa shape index (κ3) is 3.66. The van der Waals surface area contributed by atoms with Crippen molar-refractivity contribution < 1.29 is 14.3 Å². The first-order chi connectivity index (χ1) is 16.1. The van der Waals surface area contributed by atoms with Crippen molar-refractivity contribution in [1.29, 1.82) is 0 Å². The number of amides is 3. The molecule has 0 bridgehead atoms. The second-order valence-electron chi connectivity index (χ2n) is 7.68. The molecule has 0 saturated carbocycles. The number of rotatable bonds is 6. The summed E-state index contributed by atoms with van der Waals surface area (Å²) in [6.07, 6.45) is 0. The van der Waals surface area contributed by atoms with E-state index in [0.29, 0.717) is 16.8 Å². The Morgan fingerprint density at radius 2 is 1.52 bits per heavy atom. The molecule has 1 fully saturated rings. The molecule has 1 aliphatic heterocycles. The van der Waals surface area contributed by atoms with Gasteiger partial charge in [-0.1, -0.05) is 60.7 Å². The molecular weight excluding hydrogens is 434 g/mol. The summed E-state index contributed by atoms with van der Waals surface area (Å²) in [5.74, 6) is 0.455. The normalized spacial score (nSPS) is 14.9. The summed E-state index contributed by atoms with van der Waals surface area (Å²) in [6.45, 7) is 0.0960. The number of imide groups is 1. The van der Waals surface area contributed by atoms with Crippen LogP contribution in [0.25, 0.3) is 10.6 Å². The summed E-state index contributed by atoms with van der Waals surface area (Å²) in [7, 11) is 1.62. The zero-order valence-electron chi connectivity index (χ0n) is 17.9. The quantitative estimate of drug-likeness (QED) is 0.424. The number of hydrogen-bond donors (Lipinski definition) is 1. The van der Waals surface area contributed by atoms with Crippen molar-refractivity contribution >= 4 is 23.3 Å². The smallest absolute Gasteiger partial charge is 0.325 e. The van der Waals surface area contributed by atoms with Gasteiger partial charge in [-0.05, 0) is 35.4 Å². The molecule has 6 nitrogen and oxygen atoms in total. The number of ether oxygens (including phenoxy) is 1. The number of benzene rings is 3. The van der Waals surface area contributed by atoms with Gasteiger partial charge in [0.1, 0.15) is 10.8 Å². The Hall–Kier alpha value is -3.97. The van der Waals surface area contributed by atoms with Crippen LogP contribution in [0.15, 0.2) is 90.3 Å². The van der Waals surface area contributed by atoms with Gasteiger partial charge in [0.25, 0.3) is 5.91 Å². The van der Waals surface area contributed by atoms with Gasteiger partial charge < -0.3 is 10.1 Å². The van der Waals surface area contributed by atoms with Crippen LogP contribution in [0, 0.1) is 0 Å². The topological polar surface area (TPSA) is 71.5 Å². The molecule has 0 unspecified atom stereocenters. The Balaban J connectivity index is 1.46. The number of hydrogen-bond acceptors (Lipinski definition) is 5. The van der Waals surface area contributed by atoms with Crippen LogP contribution in [0.4, 0.5) is 4.79 Å². The van der Waals surface area contributed by atoms with Crippen molar-refractivity contribution in [3.8, 4) is 16.3 Å². The van der Waals surface area contributed by atoms with Crippen LogP contribution in [0.3, 0.4) is 0 Å². The van der Waals surface area contributed by atoms with Crippen molar-refractivity contribution in [2.24, 2.45) is 0 Å². The maximum atomic E-state index is 13.8. The molecule has 2 heterocycles. The third-order valence-electron chi connectivity index (χ3n) is 5.73. The average Bonchev–Trinajstić information content (AvgIpc) is 3.44. The SMILES string of the molecule is COc1ccc(-c2nc(CN3C(=O)NC(c4ccccc4)(c4ccccc4)C3=O)cs2)cc1. The van der Waals surface area contributed by atoms with Gasteiger partial charge in [-0.2, -0.15) is 0 Å². The Morgan fingerprint density at radius 1 is 0.909 bits per heavy atom. The minimum atomic E-state index is -1.27. The van der Waals surface area contributed by atoms with Gasteiger partial charge in [-0.3, -0.25) is 9.69 Å². The summed E-state index contributed by atoms with van der Waals surface area (Å²) in [4.78, 5) is 32.8. The zero-order valence-corrected chi connectivity index (χ0v) is 18.7. The zero-order chi connectivity index (χ0) is 22.8. The van der Waals surface area contributed by atoms with Crippen LogP contribution in [0.5, 0.6) is 5.75 Å². The fourth-order valence-corrected chi connectivity index (χ4v) is 4.88. The Kier molecular flexibility index (Phi) is 5.40. The van der Waals surface area contributed by atoms with Gasteiger partial charge in [0.05, 0.1) is 19.3 Å². The maximum Gasteiger partial charge on any atom is 0.325 e. The minimum Gasteiger partial charge on any atom is -0.497 e. The lowest BCUT2D eigenvalue weighted by Crippen LogP contribution is -2.45. The summed E-state index contributed by atoms with van der Waals surface area (Å²) in [5.41, 5.74) is 1.77. The second kappa shape index (κ2) is 8.52. The molecule has 1 aliphatic rings.